The Hall–Kier alpha value is -1.37. The van der Waals surface area contributed by atoms with Gasteiger partial charge < -0.3 is 10.6 Å². The van der Waals surface area contributed by atoms with Gasteiger partial charge in [0.25, 0.3) is 11.6 Å². The third-order valence-corrected chi connectivity index (χ3v) is 4.82. The number of amides is 1. The number of nitrogens with two attached hydrogens (primary N) is 1. The van der Waals surface area contributed by atoms with Crippen molar-refractivity contribution in [2.75, 3.05) is 13.1 Å². The summed E-state index contributed by atoms with van der Waals surface area (Å²) in [4.78, 5) is 24.8. The number of hydrogen-bond acceptors (Lipinski definition) is 4. The minimum Gasteiger partial charge on any atom is -0.338 e. The molecule has 0 aromatic heterocycles. The van der Waals surface area contributed by atoms with Crippen LogP contribution in [0, 0.1) is 22.0 Å². The second kappa shape index (κ2) is 6.40. The zero-order chi connectivity index (χ0) is 15.1. The zero-order valence-corrected chi connectivity index (χ0v) is 13.3. The van der Waals surface area contributed by atoms with Crippen molar-refractivity contribution in [3.8, 4) is 0 Å². The summed E-state index contributed by atoms with van der Waals surface area (Å²) in [6, 6.07) is 4.20. The van der Waals surface area contributed by atoms with Crippen LogP contribution in [0.15, 0.2) is 18.2 Å². The fourth-order valence-electron chi connectivity index (χ4n) is 3.48. The van der Waals surface area contributed by atoms with E-state index in [0.717, 1.165) is 12.8 Å². The van der Waals surface area contributed by atoms with E-state index < -0.39 is 4.92 Å². The molecule has 8 heteroatoms. The zero-order valence-electron chi connectivity index (χ0n) is 11.8. The van der Waals surface area contributed by atoms with E-state index in [9.17, 15) is 14.9 Å². The summed E-state index contributed by atoms with van der Waals surface area (Å²) in [7, 11) is 0. The van der Waals surface area contributed by atoms with Crippen molar-refractivity contribution in [1.82, 2.24) is 4.90 Å². The van der Waals surface area contributed by atoms with Crippen molar-refractivity contribution in [3.63, 3.8) is 0 Å². The number of nitrogens with zero attached hydrogens (tertiary/aromatic N) is 2. The van der Waals surface area contributed by atoms with Crippen LogP contribution in [0.1, 0.15) is 23.2 Å². The van der Waals surface area contributed by atoms with Gasteiger partial charge >= 0.3 is 0 Å². The third-order valence-electron chi connectivity index (χ3n) is 4.59. The highest BCUT2D eigenvalue weighted by atomic mass is 35.5. The molecule has 1 heterocycles. The minimum absolute atomic E-state index is 0. The lowest BCUT2D eigenvalue weighted by Crippen LogP contribution is -2.33. The molecule has 1 aromatic carbocycles. The smallest absolute Gasteiger partial charge is 0.282 e. The number of nitro groups is 1. The Kier molecular flexibility index (Phi) is 4.94. The molecule has 2 fully saturated rings. The summed E-state index contributed by atoms with van der Waals surface area (Å²) in [5, 5.41) is 11.4. The summed E-state index contributed by atoms with van der Waals surface area (Å²) in [6.45, 7) is 1.20. The Balaban J connectivity index is 0.00000176. The maximum Gasteiger partial charge on any atom is 0.282 e. The molecule has 1 aliphatic carbocycles. The van der Waals surface area contributed by atoms with E-state index in [1.165, 1.54) is 18.2 Å². The molecule has 6 nitrogen and oxygen atoms in total. The fourth-order valence-corrected chi connectivity index (χ4v) is 3.65. The predicted octanol–water partition coefficient (Wildman–Crippen LogP) is 2.48. The first-order valence-corrected chi connectivity index (χ1v) is 7.34. The molecule has 3 unspecified atom stereocenters. The lowest BCUT2D eigenvalue weighted by molar-refractivity contribution is -0.385. The Morgan fingerprint density at radius 1 is 1.36 bits per heavy atom. The van der Waals surface area contributed by atoms with Crippen LogP contribution < -0.4 is 5.73 Å². The van der Waals surface area contributed by atoms with Gasteiger partial charge in [0.05, 0.1) is 4.92 Å². The fraction of sp³-hybridized carbons (Fsp3) is 0.500. The van der Waals surface area contributed by atoms with Gasteiger partial charge in [-0.2, -0.15) is 0 Å². The molecule has 3 atom stereocenters. The summed E-state index contributed by atoms with van der Waals surface area (Å²) >= 11 is 5.88. The van der Waals surface area contributed by atoms with E-state index in [2.05, 4.69) is 0 Å². The topological polar surface area (TPSA) is 89.5 Å². The lowest BCUT2D eigenvalue weighted by Gasteiger charge is -2.18. The van der Waals surface area contributed by atoms with Crippen LogP contribution in [0.25, 0.3) is 0 Å². The van der Waals surface area contributed by atoms with Crippen molar-refractivity contribution >= 4 is 35.6 Å². The molecular weight excluding hydrogens is 329 g/mol. The monoisotopic (exact) mass is 345 g/mol. The van der Waals surface area contributed by atoms with Crippen molar-refractivity contribution in [3.05, 3.63) is 38.9 Å². The standard InChI is InChI=1S/C14H16ClN3O3.ClH/c15-9-2-4-13(18(20)21)10(5-9)14(19)17-6-8-1-3-12(16)11(8)7-17;/h2,4-5,8,11-12H,1,3,6-7,16H2;1H. The molecule has 1 saturated heterocycles. The van der Waals surface area contributed by atoms with Crippen molar-refractivity contribution < 1.29 is 9.72 Å². The van der Waals surface area contributed by atoms with Crippen LogP contribution >= 0.6 is 24.0 Å². The highest BCUT2D eigenvalue weighted by Gasteiger charge is 2.43. The van der Waals surface area contributed by atoms with Gasteiger partial charge in [-0.05, 0) is 36.8 Å². The number of carbonyl (C=O) groups is 1. The van der Waals surface area contributed by atoms with E-state index in [0.29, 0.717) is 29.9 Å². The first kappa shape index (κ1) is 17.0. The molecular formula is C14H17Cl2N3O3. The van der Waals surface area contributed by atoms with Crippen molar-refractivity contribution in [2.24, 2.45) is 17.6 Å². The molecule has 0 bridgehead atoms. The second-order valence-electron chi connectivity index (χ2n) is 5.79. The van der Waals surface area contributed by atoms with Crippen molar-refractivity contribution in [2.45, 2.75) is 18.9 Å². The van der Waals surface area contributed by atoms with E-state index >= 15 is 0 Å². The van der Waals surface area contributed by atoms with Crippen LogP contribution in [0.5, 0.6) is 0 Å². The minimum atomic E-state index is -0.549. The van der Waals surface area contributed by atoms with E-state index in [4.69, 9.17) is 17.3 Å². The van der Waals surface area contributed by atoms with Crippen LogP contribution in [0.3, 0.4) is 0 Å². The molecule has 22 heavy (non-hydrogen) atoms. The van der Waals surface area contributed by atoms with Gasteiger partial charge in [0.2, 0.25) is 0 Å². The average Bonchev–Trinajstić information content (AvgIpc) is 3.00. The number of hydrogen-bond donors (Lipinski definition) is 1. The number of halogens is 2. The molecule has 1 amide bonds. The van der Waals surface area contributed by atoms with Crippen LogP contribution in [-0.4, -0.2) is 34.9 Å². The number of likely N-dealkylation sites (tertiary alicyclic amines) is 1. The van der Waals surface area contributed by atoms with Gasteiger partial charge in [0.1, 0.15) is 5.56 Å². The Bertz CT molecular complexity index is 611. The second-order valence-corrected chi connectivity index (χ2v) is 6.23. The van der Waals surface area contributed by atoms with Gasteiger partial charge in [-0.25, -0.2) is 0 Å². The number of carbonyl (C=O) groups excluding carboxylic acids is 1. The maximum atomic E-state index is 12.6. The van der Waals surface area contributed by atoms with Crippen molar-refractivity contribution in [1.29, 1.82) is 0 Å². The number of rotatable bonds is 2. The molecule has 1 aromatic rings. The summed E-state index contributed by atoms with van der Waals surface area (Å²) < 4.78 is 0. The molecule has 120 valence electrons. The first-order chi connectivity index (χ1) is 9.97. The van der Waals surface area contributed by atoms with Gasteiger partial charge in [-0.3, -0.25) is 14.9 Å². The predicted molar refractivity (Wildman–Crippen MR) is 85.4 cm³/mol. The Morgan fingerprint density at radius 2 is 2.09 bits per heavy atom. The molecule has 2 aliphatic rings. The summed E-state index contributed by atoms with van der Waals surface area (Å²) in [6.07, 6.45) is 2.02. The third kappa shape index (κ3) is 2.91. The Morgan fingerprint density at radius 3 is 2.73 bits per heavy atom. The van der Waals surface area contributed by atoms with Crippen LogP contribution in [0.2, 0.25) is 5.02 Å². The lowest BCUT2D eigenvalue weighted by atomic mass is 9.98. The summed E-state index contributed by atoms with van der Waals surface area (Å²) in [5.74, 6) is 0.403. The van der Waals surface area contributed by atoms with Crippen LogP contribution in [0.4, 0.5) is 5.69 Å². The molecule has 1 saturated carbocycles. The largest absolute Gasteiger partial charge is 0.338 e. The molecule has 0 radical (unpaired) electrons. The quantitative estimate of drug-likeness (QED) is 0.658. The molecule has 3 rings (SSSR count). The molecule has 0 spiro atoms. The summed E-state index contributed by atoms with van der Waals surface area (Å²) in [5.41, 5.74) is 5.91. The first-order valence-electron chi connectivity index (χ1n) is 6.96. The number of fused-ring (bicyclic) bond motifs is 1. The highest BCUT2D eigenvalue weighted by molar-refractivity contribution is 6.31. The van der Waals surface area contributed by atoms with Crippen LogP contribution in [-0.2, 0) is 0 Å². The van der Waals surface area contributed by atoms with Gasteiger partial charge in [0.15, 0.2) is 0 Å². The average molecular weight is 346 g/mol. The number of benzene rings is 1. The normalized spacial score (nSPS) is 26.5. The van der Waals surface area contributed by atoms with E-state index in [1.54, 1.807) is 4.90 Å². The molecule has 1 aliphatic heterocycles. The highest BCUT2D eigenvalue weighted by Crippen LogP contribution is 2.38. The van der Waals surface area contributed by atoms with Gasteiger partial charge in [-0.15, -0.1) is 12.4 Å². The van der Waals surface area contributed by atoms with E-state index in [1.807, 2.05) is 0 Å². The van der Waals surface area contributed by atoms with Gasteiger partial charge in [-0.1, -0.05) is 11.6 Å². The SMILES string of the molecule is Cl.NC1CCC2CN(C(=O)c3cc(Cl)ccc3[N+](=O)[O-])CC12. The van der Waals surface area contributed by atoms with Gasteiger partial charge in [0, 0.05) is 30.2 Å². The Labute approximate surface area is 139 Å². The number of nitro benzene ring substituents is 1. The molecule has 2 N–H and O–H groups in total. The maximum absolute atomic E-state index is 12.6. The van der Waals surface area contributed by atoms with E-state index in [-0.39, 0.29) is 35.6 Å².